The van der Waals surface area contributed by atoms with Crippen LogP contribution >= 0.6 is 27.3 Å². The van der Waals surface area contributed by atoms with Gasteiger partial charge in [-0.15, -0.1) is 10.2 Å². The number of carbonyl (C=O) groups excluding carboxylic acids is 1. The first kappa shape index (κ1) is 22.8. The summed E-state index contributed by atoms with van der Waals surface area (Å²) >= 11 is 4.38. The average molecular weight is 528 g/mol. The van der Waals surface area contributed by atoms with E-state index in [0.717, 1.165) is 38.9 Å². The van der Waals surface area contributed by atoms with Crippen LogP contribution in [0, 0.1) is 5.92 Å². The molecule has 1 saturated heterocycles. The molecule has 172 valence electrons. The molecule has 1 aliphatic rings. The molecule has 3 heterocycles. The number of hydrogen-bond acceptors (Lipinski definition) is 6. The number of benzene rings is 1. The van der Waals surface area contributed by atoms with E-state index in [1.54, 1.807) is 11.1 Å². The van der Waals surface area contributed by atoms with Gasteiger partial charge in [0.25, 0.3) is 6.43 Å². The van der Waals surface area contributed by atoms with Crippen molar-refractivity contribution in [3.63, 3.8) is 0 Å². The number of aromatic nitrogens is 4. The van der Waals surface area contributed by atoms with Gasteiger partial charge in [-0.1, -0.05) is 41.1 Å². The molecule has 0 atom stereocenters. The summed E-state index contributed by atoms with van der Waals surface area (Å²) in [6, 6.07) is 3.95. The highest BCUT2D eigenvalue weighted by molar-refractivity contribution is 9.10. The van der Waals surface area contributed by atoms with Crippen LogP contribution in [0.4, 0.5) is 19.3 Å². The molecule has 1 aliphatic heterocycles. The summed E-state index contributed by atoms with van der Waals surface area (Å²) in [5, 5.41) is 12.7. The van der Waals surface area contributed by atoms with E-state index < -0.39 is 6.43 Å². The van der Waals surface area contributed by atoms with Crippen LogP contribution in [0.25, 0.3) is 16.0 Å². The van der Waals surface area contributed by atoms with Crippen molar-refractivity contribution in [3.05, 3.63) is 27.8 Å². The summed E-state index contributed by atoms with van der Waals surface area (Å²) in [5.41, 5.74) is 1.73. The molecule has 8 nitrogen and oxygen atoms in total. The second kappa shape index (κ2) is 9.26. The minimum Gasteiger partial charge on any atom is -0.367 e. The maximum atomic E-state index is 12.9. The lowest BCUT2D eigenvalue weighted by atomic mass is 10.1. The molecule has 2 aromatic heterocycles. The lowest BCUT2D eigenvalue weighted by Crippen LogP contribution is -2.52. The Hall–Kier alpha value is -2.34. The van der Waals surface area contributed by atoms with Gasteiger partial charge in [0, 0.05) is 55.3 Å². The molecule has 0 unspecified atom stereocenters. The van der Waals surface area contributed by atoms with Gasteiger partial charge in [0.15, 0.2) is 5.01 Å². The zero-order valence-corrected chi connectivity index (χ0v) is 20.4. The largest absolute Gasteiger partial charge is 0.367 e. The van der Waals surface area contributed by atoms with Crippen LogP contribution in [0.5, 0.6) is 0 Å². The van der Waals surface area contributed by atoms with E-state index in [-0.39, 0.29) is 11.0 Å². The van der Waals surface area contributed by atoms with Gasteiger partial charge in [0.1, 0.15) is 0 Å². The molecular weight excluding hydrogens is 504 g/mol. The van der Waals surface area contributed by atoms with Gasteiger partial charge in [-0.3, -0.25) is 0 Å². The molecule has 0 spiro atoms. The Kier molecular flexibility index (Phi) is 6.61. The fraction of sp³-hybridized carbons (Fsp3) is 0.500. The van der Waals surface area contributed by atoms with Crippen molar-refractivity contribution in [1.29, 1.82) is 0 Å². The van der Waals surface area contributed by atoms with E-state index in [2.05, 4.69) is 50.0 Å². The van der Waals surface area contributed by atoms with Crippen molar-refractivity contribution in [2.75, 3.05) is 44.7 Å². The summed E-state index contributed by atoms with van der Waals surface area (Å²) in [6.07, 6.45) is -0.946. The number of amides is 2. The number of urea groups is 1. The zero-order chi connectivity index (χ0) is 23.0. The molecule has 2 amide bonds. The number of rotatable bonds is 5. The van der Waals surface area contributed by atoms with Crippen molar-refractivity contribution < 1.29 is 13.6 Å². The normalized spacial score (nSPS) is 14.8. The standard InChI is InChI=1S/C20H24BrF2N7OS/c1-12(2)11-27(3)20(31)29-6-4-28(5-7-29)15-8-13(21)9-16-14(15)10-24-30(16)19-26-25-18(32-19)17(22)23/h8-10,12,17H,4-7,11H2,1-3H3. The Morgan fingerprint density at radius 3 is 2.56 bits per heavy atom. The third-order valence-electron chi connectivity index (χ3n) is 5.29. The minimum atomic E-state index is -2.66. The van der Waals surface area contributed by atoms with Crippen LogP contribution in [0.1, 0.15) is 25.3 Å². The molecule has 12 heteroatoms. The molecule has 4 rings (SSSR count). The Balaban J connectivity index is 1.55. The Morgan fingerprint density at radius 1 is 1.22 bits per heavy atom. The fourth-order valence-electron chi connectivity index (χ4n) is 3.89. The number of alkyl halides is 2. The lowest BCUT2D eigenvalue weighted by molar-refractivity contribution is 0.150. The first-order valence-electron chi connectivity index (χ1n) is 10.3. The van der Waals surface area contributed by atoms with Crippen LogP contribution in [0.15, 0.2) is 22.8 Å². The third-order valence-corrected chi connectivity index (χ3v) is 6.65. The van der Waals surface area contributed by atoms with E-state index >= 15 is 0 Å². The molecule has 0 saturated carbocycles. The smallest absolute Gasteiger partial charge is 0.319 e. The predicted molar refractivity (Wildman–Crippen MR) is 124 cm³/mol. The average Bonchev–Trinajstić information content (AvgIpc) is 3.39. The fourth-order valence-corrected chi connectivity index (χ4v) is 5.00. The van der Waals surface area contributed by atoms with Crippen molar-refractivity contribution in [3.8, 4) is 5.13 Å². The van der Waals surface area contributed by atoms with Gasteiger partial charge in [0.05, 0.1) is 11.7 Å². The van der Waals surface area contributed by atoms with Crippen LogP contribution in [-0.4, -0.2) is 75.6 Å². The molecule has 0 aliphatic carbocycles. The zero-order valence-electron chi connectivity index (χ0n) is 18.0. The first-order chi connectivity index (χ1) is 15.2. The number of anilines is 1. The van der Waals surface area contributed by atoms with Gasteiger partial charge < -0.3 is 14.7 Å². The first-order valence-corrected chi connectivity index (χ1v) is 11.9. The van der Waals surface area contributed by atoms with Crippen molar-refractivity contribution >= 4 is 49.9 Å². The molecule has 1 fully saturated rings. The maximum Gasteiger partial charge on any atom is 0.319 e. The maximum absolute atomic E-state index is 12.9. The Bertz CT molecular complexity index is 1110. The van der Waals surface area contributed by atoms with Crippen LogP contribution < -0.4 is 4.90 Å². The Morgan fingerprint density at radius 2 is 1.94 bits per heavy atom. The van der Waals surface area contributed by atoms with Crippen LogP contribution in [0.2, 0.25) is 0 Å². The molecule has 3 aromatic rings. The second-order valence-corrected chi connectivity index (χ2v) is 10.1. The van der Waals surface area contributed by atoms with Crippen molar-refractivity contribution in [1.82, 2.24) is 29.8 Å². The van der Waals surface area contributed by atoms with Gasteiger partial charge in [-0.05, 0) is 18.1 Å². The molecule has 1 aromatic carbocycles. The Labute approximate surface area is 196 Å². The lowest BCUT2D eigenvalue weighted by Gasteiger charge is -2.38. The molecule has 0 bridgehead atoms. The highest BCUT2D eigenvalue weighted by Gasteiger charge is 2.26. The minimum absolute atomic E-state index is 0.0525. The molecule has 0 N–H and O–H groups in total. The van der Waals surface area contributed by atoms with Crippen LogP contribution in [-0.2, 0) is 0 Å². The number of hydrogen-bond donors (Lipinski definition) is 0. The van der Waals surface area contributed by atoms with Crippen LogP contribution in [0.3, 0.4) is 0 Å². The van der Waals surface area contributed by atoms with Gasteiger partial charge in [-0.2, -0.15) is 5.10 Å². The molecular formula is C20H24BrF2N7OS. The monoisotopic (exact) mass is 527 g/mol. The predicted octanol–water partition coefficient (Wildman–Crippen LogP) is 4.41. The molecule has 0 radical (unpaired) electrons. The third kappa shape index (κ3) is 4.56. The van der Waals surface area contributed by atoms with Crippen molar-refractivity contribution in [2.45, 2.75) is 20.3 Å². The number of carbonyl (C=O) groups is 1. The van der Waals surface area contributed by atoms with Gasteiger partial charge in [-0.25, -0.2) is 18.3 Å². The van der Waals surface area contributed by atoms with Gasteiger partial charge >= 0.3 is 6.03 Å². The quantitative estimate of drug-likeness (QED) is 0.491. The molecule has 32 heavy (non-hydrogen) atoms. The van der Waals surface area contributed by atoms with Gasteiger partial charge in [0.2, 0.25) is 5.13 Å². The van der Waals surface area contributed by atoms with E-state index in [4.69, 9.17) is 0 Å². The van der Waals surface area contributed by atoms with E-state index in [9.17, 15) is 13.6 Å². The van der Waals surface area contributed by atoms with E-state index in [1.807, 2.05) is 24.1 Å². The summed E-state index contributed by atoms with van der Waals surface area (Å²) in [5.74, 6) is 0.418. The van der Waals surface area contributed by atoms with E-state index in [0.29, 0.717) is 37.2 Å². The van der Waals surface area contributed by atoms with E-state index in [1.165, 1.54) is 4.68 Å². The highest BCUT2D eigenvalue weighted by atomic mass is 79.9. The summed E-state index contributed by atoms with van der Waals surface area (Å²) < 4.78 is 28.3. The number of halogens is 3. The number of piperazine rings is 1. The second-order valence-electron chi connectivity index (χ2n) is 8.17. The topological polar surface area (TPSA) is 70.4 Å². The number of nitrogens with zero attached hydrogens (tertiary/aromatic N) is 7. The number of fused-ring (bicyclic) bond motifs is 1. The summed E-state index contributed by atoms with van der Waals surface area (Å²) in [4.78, 5) is 18.6. The summed E-state index contributed by atoms with van der Waals surface area (Å²) in [6.45, 7) is 7.53. The summed E-state index contributed by atoms with van der Waals surface area (Å²) in [7, 11) is 1.84. The SMILES string of the molecule is CC(C)CN(C)C(=O)N1CCN(c2cc(Br)cc3c2cnn3-c2nnc(C(F)F)s2)CC1. The highest BCUT2D eigenvalue weighted by Crippen LogP contribution is 2.34. The van der Waals surface area contributed by atoms with Crippen molar-refractivity contribution in [2.24, 2.45) is 5.92 Å².